The van der Waals surface area contributed by atoms with Gasteiger partial charge in [-0.05, 0) is 48.2 Å². The SMILES string of the molecule is C=C(C(=C)c1ccc(O)c(O)c1)C(=O)N(c1ccccn1)C1CCCCC1. The standard InChI is InChI=1S/C22H24N2O3/c1-15(17-11-12-19(25)20(26)14-17)16(2)22(27)24(18-8-4-3-5-9-18)21-10-6-7-13-23-21/h6-7,10-14,18,25-26H,1-5,8-9H2. The number of amides is 1. The molecule has 1 fully saturated rings. The first-order valence-corrected chi connectivity index (χ1v) is 9.14. The van der Waals surface area contributed by atoms with Gasteiger partial charge in [0.2, 0.25) is 0 Å². The second-order valence-electron chi connectivity index (χ2n) is 6.82. The van der Waals surface area contributed by atoms with Crippen LogP contribution in [-0.2, 0) is 4.79 Å². The molecule has 1 aliphatic carbocycles. The highest BCUT2D eigenvalue weighted by atomic mass is 16.3. The number of phenols is 2. The normalized spacial score (nSPS) is 14.5. The summed E-state index contributed by atoms with van der Waals surface area (Å²) >= 11 is 0. The Bertz CT molecular complexity index is 855. The molecule has 0 saturated heterocycles. The maximum absolute atomic E-state index is 13.3. The Balaban J connectivity index is 1.89. The number of benzene rings is 1. The number of rotatable bonds is 5. The molecule has 2 N–H and O–H groups in total. The van der Waals surface area contributed by atoms with E-state index in [0.717, 1.165) is 25.7 Å². The van der Waals surface area contributed by atoms with Gasteiger partial charge in [0, 0.05) is 17.8 Å². The van der Waals surface area contributed by atoms with Crippen LogP contribution in [0.4, 0.5) is 5.82 Å². The lowest BCUT2D eigenvalue weighted by atomic mass is 9.92. The fraction of sp³-hybridized carbons (Fsp3) is 0.273. The quantitative estimate of drug-likeness (QED) is 0.468. The van der Waals surface area contributed by atoms with Crippen LogP contribution >= 0.6 is 0 Å². The lowest BCUT2D eigenvalue weighted by Crippen LogP contribution is -2.43. The monoisotopic (exact) mass is 364 g/mol. The first-order valence-electron chi connectivity index (χ1n) is 9.14. The average molecular weight is 364 g/mol. The van der Waals surface area contributed by atoms with E-state index < -0.39 is 0 Å². The van der Waals surface area contributed by atoms with Crippen LogP contribution in [-0.4, -0.2) is 27.1 Å². The molecule has 0 radical (unpaired) electrons. The van der Waals surface area contributed by atoms with E-state index in [9.17, 15) is 15.0 Å². The van der Waals surface area contributed by atoms with Gasteiger partial charge in [-0.25, -0.2) is 4.98 Å². The van der Waals surface area contributed by atoms with E-state index in [0.29, 0.717) is 17.0 Å². The van der Waals surface area contributed by atoms with Gasteiger partial charge in [0.1, 0.15) is 5.82 Å². The number of pyridine rings is 1. The van der Waals surface area contributed by atoms with Crippen LogP contribution in [0.2, 0.25) is 0 Å². The first kappa shape index (κ1) is 18.7. The Morgan fingerprint density at radius 2 is 1.78 bits per heavy atom. The van der Waals surface area contributed by atoms with Crippen LogP contribution in [0.1, 0.15) is 37.7 Å². The van der Waals surface area contributed by atoms with Crippen LogP contribution in [0, 0.1) is 0 Å². The third kappa shape index (κ3) is 4.03. The van der Waals surface area contributed by atoms with Gasteiger partial charge in [0.05, 0.1) is 0 Å². The fourth-order valence-electron chi connectivity index (χ4n) is 3.45. The van der Waals surface area contributed by atoms with Crippen molar-refractivity contribution < 1.29 is 15.0 Å². The number of anilines is 1. The van der Waals surface area contributed by atoms with Gasteiger partial charge in [-0.3, -0.25) is 9.69 Å². The highest BCUT2D eigenvalue weighted by Gasteiger charge is 2.30. The number of hydrogen-bond donors (Lipinski definition) is 2. The smallest absolute Gasteiger partial charge is 0.259 e. The van der Waals surface area contributed by atoms with Crippen molar-refractivity contribution in [3.8, 4) is 11.5 Å². The zero-order chi connectivity index (χ0) is 19.4. The predicted octanol–water partition coefficient (Wildman–Crippen LogP) is 4.43. The molecule has 1 aliphatic rings. The molecule has 1 heterocycles. The van der Waals surface area contributed by atoms with Gasteiger partial charge in [-0.2, -0.15) is 0 Å². The number of aromatic nitrogens is 1. The van der Waals surface area contributed by atoms with Gasteiger partial charge in [0.25, 0.3) is 5.91 Å². The molecule has 0 aliphatic heterocycles. The molecule has 1 saturated carbocycles. The predicted molar refractivity (Wildman–Crippen MR) is 107 cm³/mol. The summed E-state index contributed by atoms with van der Waals surface area (Å²) in [6, 6.07) is 9.93. The van der Waals surface area contributed by atoms with Crippen molar-refractivity contribution in [3.05, 3.63) is 66.9 Å². The summed E-state index contributed by atoms with van der Waals surface area (Å²) < 4.78 is 0. The maximum atomic E-state index is 13.3. The minimum absolute atomic E-state index is 0.0823. The molecule has 1 aromatic heterocycles. The lowest BCUT2D eigenvalue weighted by molar-refractivity contribution is -0.115. The largest absolute Gasteiger partial charge is 0.504 e. The molecule has 1 aromatic carbocycles. The molecular formula is C22H24N2O3. The van der Waals surface area contributed by atoms with Gasteiger partial charge < -0.3 is 10.2 Å². The summed E-state index contributed by atoms with van der Waals surface area (Å²) in [7, 11) is 0. The molecule has 1 amide bonds. The molecule has 5 nitrogen and oxygen atoms in total. The summed E-state index contributed by atoms with van der Waals surface area (Å²) in [6.45, 7) is 7.94. The summed E-state index contributed by atoms with van der Waals surface area (Å²) in [6.07, 6.45) is 6.89. The molecule has 2 aromatic rings. The van der Waals surface area contributed by atoms with Gasteiger partial charge in [-0.15, -0.1) is 0 Å². The third-order valence-corrected chi connectivity index (χ3v) is 5.00. The van der Waals surface area contributed by atoms with Crippen LogP contribution in [0.3, 0.4) is 0 Å². The van der Waals surface area contributed by atoms with Crippen molar-refractivity contribution in [2.75, 3.05) is 4.90 Å². The van der Waals surface area contributed by atoms with Crippen LogP contribution in [0.5, 0.6) is 11.5 Å². The van der Waals surface area contributed by atoms with Crippen LogP contribution in [0.25, 0.3) is 5.57 Å². The zero-order valence-corrected chi connectivity index (χ0v) is 15.3. The van der Waals surface area contributed by atoms with Crippen LogP contribution in [0.15, 0.2) is 61.3 Å². The Morgan fingerprint density at radius 3 is 2.41 bits per heavy atom. The molecule has 0 spiro atoms. The molecule has 27 heavy (non-hydrogen) atoms. The molecule has 0 atom stereocenters. The van der Waals surface area contributed by atoms with Crippen LogP contribution < -0.4 is 4.90 Å². The van der Waals surface area contributed by atoms with E-state index in [1.807, 2.05) is 18.2 Å². The van der Waals surface area contributed by atoms with E-state index in [4.69, 9.17) is 0 Å². The molecule has 0 bridgehead atoms. The third-order valence-electron chi connectivity index (χ3n) is 5.00. The van der Waals surface area contributed by atoms with Crippen molar-refractivity contribution in [1.29, 1.82) is 0 Å². The maximum Gasteiger partial charge on any atom is 0.259 e. The Kier molecular flexibility index (Phi) is 5.60. The molecular weight excluding hydrogens is 340 g/mol. The second-order valence-corrected chi connectivity index (χ2v) is 6.82. The first-order chi connectivity index (χ1) is 13.0. The summed E-state index contributed by atoms with van der Waals surface area (Å²) in [5, 5.41) is 19.2. The van der Waals surface area contributed by atoms with E-state index >= 15 is 0 Å². The van der Waals surface area contributed by atoms with Crippen molar-refractivity contribution in [3.63, 3.8) is 0 Å². The Hall–Kier alpha value is -3.08. The summed E-state index contributed by atoms with van der Waals surface area (Å²) in [4.78, 5) is 19.4. The Labute approximate surface area is 159 Å². The summed E-state index contributed by atoms with van der Waals surface area (Å²) in [5.74, 6) is -0.112. The lowest BCUT2D eigenvalue weighted by Gasteiger charge is -2.34. The number of nitrogens with zero attached hydrogens (tertiary/aromatic N) is 2. The average Bonchev–Trinajstić information content (AvgIpc) is 2.70. The Morgan fingerprint density at radius 1 is 1.04 bits per heavy atom. The number of carbonyl (C=O) groups is 1. The van der Waals surface area contributed by atoms with E-state index in [1.165, 1.54) is 18.6 Å². The zero-order valence-electron chi connectivity index (χ0n) is 15.3. The summed E-state index contributed by atoms with van der Waals surface area (Å²) in [5.41, 5.74) is 1.19. The fourth-order valence-corrected chi connectivity index (χ4v) is 3.45. The van der Waals surface area contributed by atoms with Crippen molar-refractivity contribution in [2.45, 2.75) is 38.1 Å². The van der Waals surface area contributed by atoms with Gasteiger partial charge >= 0.3 is 0 Å². The second kappa shape index (κ2) is 8.08. The van der Waals surface area contributed by atoms with Crippen molar-refractivity contribution in [1.82, 2.24) is 4.98 Å². The minimum Gasteiger partial charge on any atom is -0.504 e. The molecule has 0 unspecified atom stereocenters. The van der Waals surface area contributed by atoms with E-state index in [1.54, 1.807) is 17.2 Å². The van der Waals surface area contributed by atoms with E-state index in [-0.39, 0.29) is 29.0 Å². The molecule has 140 valence electrons. The highest BCUT2D eigenvalue weighted by molar-refractivity contribution is 6.15. The van der Waals surface area contributed by atoms with Gasteiger partial charge in [0.15, 0.2) is 11.5 Å². The minimum atomic E-state index is -0.261. The molecule has 3 rings (SSSR count). The topological polar surface area (TPSA) is 73.7 Å². The van der Waals surface area contributed by atoms with Gasteiger partial charge in [-0.1, -0.05) is 44.6 Å². The highest BCUT2D eigenvalue weighted by Crippen LogP contribution is 2.33. The molecule has 5 heteroatoms. The van der Waals surface area contributed by atoms with E-state index in [2.05, 4.69) is 18.1 Å². The number of carbonyl (C=O) groups excluding carboxylic acids is 1. The number of phenolic OH excluding ortho intramolecular Hbond substituents is 2. The van der Waals surface area contributed by atoms with Crippen molar-refractivity contribution >= 4 is 17.3 Å². The number of hydrogen-bond acceptors (Lipinski definition) is 4. The van der Waals surface area contributed by atoms with Crippen molar-refractivity contribution in [2.24, 2.45) is 0 Å². The number of aromatic hydroxyl groups is 2.